The molecule has 316 valence electrons. The lowest BCUT2D eigenvalue weighted by atomic mass is 9.94. The van der Waals surface area contributed by atoms with Gasteiger partial charge in [0.2, 0.25) is 11.5 Å². The molecule has 5 aromatic rings. The molecule has 1 aliphatic rings. The number of phenolic OH excluding ortho intramolecular Hbond substituents is 1. The second kappa shape index (κ2) is 19.7. The molecule has 2 amide bonds. The molecular weight excluding hydrogens is 771 g/mol. The Balaban J connectivity index is 1.02. The minimum Gasteiger partial charge on any atom is -0.506 e. The zero-order valence-electron chi connectivity index (χ0n) is 35.3. The van der Waals surface area contributed by atoms with Crippen LogP contribution in [-0.2, 0) is 20.5 Å². The third-order valence-corrected chi connectivity index (χ3v) is 16.1. The number of hydrogen-bond donors (Lipinski definition) is 6. The molecule has 60 heavy (non-hydrogen) atoms. The minimum atomic E-state index is -2.21. The lowest BCUT2D eigenvalue weighted by Crippen LogP contribution is -2.43. The van der Waals surface area contributed by atoms with Crippen molar-refractivity contribution in [3.63, 3.8) is 0 Å². The van der Waals surface area contributed by atoms with Gasteiger partial charge < -0.3 is 35.6 Å². The number of fused-ring (bicyclic) bond motifs is 1. The average Bonchev–Trinajstić information content (AvgIpc) is 3.21. The van der Waals surface area contributed by atoms with Crippen molar-refractivity contribution in [1.29, 1.82) is 0 Å². The van der Waals surface area contributed by atoms with E-state index >= 15 is 0 Å². The number of H-pyrrole nitrogens is 1. The molecule has 1 aliphatic carbocycles. The number of carbonyl (C=O) groups excluding carboxylic acids is 2. The molecule has 7 N–H and O–H groups in total. The number of nitrogens with two attached hydrogens (primary N) is 1. The molecule has 1 heterocycles. The van der Waals surface area contributed by atoms with Crippen molar-refractivity contribution >= 4 is 48.7 Å². The number of amides is 2. The number of anilines is 2. The van der Waals surface area contributed by atoms with E-state index < -0.39 is 14.4 Å². The van der Waals surface area contributed by atoms with Crippen LogP contribution >= 0.6 is 0 Å². The zero-order chi connectivity index (χ0) is 42.9. The molecule has 0 bridgehead atoms. The van der Waals surface area contributed by atoms with Crippen LogP contribution < -0.4 is 27.2 Å². The number of allylic oxidation sites excluding steroid dienone is 1. The van der Waals surface area contributed by atoms with Gasteiger partial charge in [-0.25, -0.2) is 4.79 Å². The number of rotatable bonds is 15. The third kappa shape index (κ3) is 11.8. The molecule has 0 aliphatic heterocycles. The Kier molecular flexibility index (Phi) is 14.4. The number of aromatic amines is 1. The smallest absolute Gasteiger partial charge is 0.411 e. The fourth-order valence-electron chi connectivity index (χ4n) is 7.13. The van der Waals surface area contributed by atoms with E-state index in [1.54, 1.807) is 12.1 Å². The van der Waals surface area contributed by atoms with Gasteiger partial charge in [-0.15, -0.1) is 0 Å². The number of nitrogens with one attached hydrogen (secondary N) is 4. The summed E-state index contributed by atoms with van der Waals surface area (Å²) in [6, 6.07) is 30.4. The highest BCUT2D eigenvalue weighted by Gasteiger charge is 2.39. The average molecular weight is 830 g/mol. The maximum absolute atomic E-state index is 13.0. The SMILES string of the molecule is CC(C)(C)[Si](C)(C)O[C@@H](CNCc1ccc(NC(=O)CCC=Cc2ccc(-c3ccccc3)c(NC(=O)OC3CCC(N)CC3)c2)cc1)c1ccc(O)c2[nH]c(=O)ccc12. The van der Waals surface area contributed by atoms with E-state index in [9.17, 15) is 19.5 Å². The number of benzene rings is 4. The first kappa shape index (κ1) is 44.0. The molecule has 0 spiro atoms. The van der Waals surface area contributed by atoms with Gasteiger partial charge >= 0.3 is 6.09 Å². The molecule has 0 saturated heterocycles. The van der Waals surface area contributed by atoms with Crippen molar-refractivity contribution in [3.8, 4) is 16.9 Å². The van der Waals surface area contributed by atoms with E-state index in [0.29, 0.717) is 42.8 Å². The summed E-state index contributed by atoms with van der Waals surface area (Å²) in [5.74, 6) is -0.0736. The van der Waals surface area contributed by atoms with Crippen LogP contribution in [0, 0.1) is 0 Å². The zero-order valence-corrected chi connectivity index (χ0v) is 36.3. The number of ether oxygens (including phenoxy) is 1. The Morgan fingerprint density at radius 1 is 0.933 bits per heavy atom. The molecule has 11 nitrogen and oxygen atoms in total. The van der Waals surface area contributed by atoms with Crippen LogP contribution in [0.3, 0.4) is 0 Å². The highest BCUT2D eigenvalue weighted by atomic mass is 28.4. The van der Waals surface area contributed by atoms with Crippen molar-refractivity contribution in [3.05, 3.63) is 130 Å². The predicted octanol–water partition coefficient (Wildman–Crippen LogP) is 10.0. The van der Waals surface area contributed by atoms with E-state index in [0.717, 1.165) is 58.9 Å². The molecule has 1 saturated carbocycles. The van der Waals surface area contributed by atoms with Crippen LogP contribution in [0.1, 0.15) is 82.1 Å². The Bertz CT molecular complexity index is 2330. The first-order valence-corrected chi connectivity index (χ1v) is 23.8. The second-order valence-electron chi connectivity index (χ2n) is 17.2. The molecule has 1 aromatic heterocycles. The van der Waals surface area contributed by atoms with Gasteiger partial charge in [-0.1, -0.05) is 93.6 Å². The van der Waals surface area contributed by atoms with Gasteiger partial charge in [-0.2, -0.15) is 0 Å². The maximum atomic E-state index is 13.0. The summed E-state index contributed by atoms with van der Waals surface area (Å²) in [7, 11) is -2.21. The first-order chi connectivity index (χ1) is 28.6. The molecule has 1 fully saturated rings. The van der Waals surface area contributed by atoms with Crippen LogP contribution in [0.25, 0.3) is 28.1 Å². The number of aromatic hydroxyl groups is 1. The monoisotopic (exact) mass is 829 g/mol. The highest BCUT2D eigenvalue weighted by Crippen LogP contribution is 2.41. The Morgan fingerprint density at radius 3 is 2.38 bits per heavy atom. The number of carbonyl (C=O) groups is 2. The molecule has 6 rings (SSSR count). The van der Waals surface area contributed by atoms with Crippen LogP contribution in [0.4, 0.5) is 16.2 Å². The van der Waals surface area contributed by atoms with Crippen molar-refractivity contribution in [1.82, 2.24) is 10.3 Å². The lowest BCUT2D eigenvalue weighted by Gasteiger charge is -2.39. The molecular formula is C48H59N5O6Si. The summed E-state index contributed by atoms with van der Waals surface area (Å²) in [5, 5.41) is 20.8. The normalized spacial score (nSPS) is 16.4. The number of phenols is 1. The number of pyridine rings is 1. The number of aromatic nitrogens is 1. The van der Waals surface area contributed by atoms with Gasteiger partial charge in [0.15, 0.2) is 8.32 Å². The minimum absolute atomic E-state index is 0.0173. The van der Waals surface area contributed by atoms with E-state index in [1.165, 1.54) is 6.07 Å². The summed E-state index contributed by atoms with van der Waals surface area (Å²) < 4.78 is 12.7. The Labute approximate surface area is 353 Å². The molecule has 4 aromatic carbocycles. The maximum Gasteiger partial charge on any atom is 0.411 e. The van der Waals surface area contributed by atoms with Gasteiger partial charge in [0.1, 0.15) is 11.9 Å². The topological polar surface area (TPSA) is 168 Å². The molecule has 12 heteroatoms. The largest absolute Gasteiger partial charge is 0.506 e. The van der Waals surface area contributed by atoms with Crippen LogP contribution in [0.15, 0.2) is 108 Å². The molecule has 1 atom stereocenters. The van der Waals surface area contributed by atoms with Gasteiger partial charge in [0.05, 0.1) is 17.3 Å². The summed E-state index contributed by atoms with van der Waals surface area (Å²) in [6.45, 7) is 12.1. The van der Waals surface area contributed by atoms with Crippen molar-refractivity contribution in [2.24, 2.45) is 5.73 Å². The first-order valence-electron chi connectivity index (χ1n) is 20.9. The van der Waals surface area contributed by atoms with E-state index in [-0.39, 0.29) is 40.5 Å². The second-order valence-corrected chi connectivity index (χ2v) is 22.0. The van der Waals surface area contributed by atoms with Gasteiger partial charge in [0.25, 0.3) is 0 Å². The van der Waals surface area contributed by atoms with Crippen molar-refractivity contribution in [2.75, 3.05) is 17.2 Å². The van der Waals surface area contributed by atoms with E-state index in [4.69, 9.17) is 14.9 Å². The van der Waals surface area contributed by atoms with Gasteiger partial charge in [-0.05, 0) is 103 Å². The van der Waals surface area contributed by atoms with Crippen molar-refractivity contribution < 1.29 is 23.9 Å². The quantitative estimate of drug-likeness (QED) is 0.0567. The predicted molar refractivity (Wildman–Crippen MR) is 245 cm³/mol. The van der Waals surface area contributed by atoms with Gasteiger partial charge in [-0.3, -0.25) is 14.9 Å². The summed E-state index contributed by atoms with van der Waals surface area (Å²) >= 11 is 0. The standard InChI is InChI=1S/C48H59N5O6Si/c1-48(2,3)60(4,5)59-43(39-25-27-42(54)46-40(39)26-28-45(56)53-46)31-50-30-33-15-20-36(21-16-33)51-44(55)14-10-9-11-32-17-24-38(34-12-7-6-8-13-34)41(29-32)52-47(57)58-37-22-18-35(49)19-23-37/h6-9,11-13,15-17,20-21,24-29,35,37,43,50,54H,10,14,18-19,22-23,30-31,49H2,1-5H3,(H,51,55)(H,52,57)(H,53,56)/t35?,37?,43-/m0/s1. The van der Waals surface area contributed by atoms with E-state index in [2.05, 4.69) is 54.8 Å². The Hall–Kier alpha value is -5.53. The summed E-state index contributed by atoms with van der Waals surface area (Å²) in [6.07, 6.45) is 7.04. The fourth-order valence-corrected chi connectivity index (χ4v) is 8.41. The van der Waals surface area contributed by atoms with Crippen LogP contribution in [-0.4, -0.2) is 49.1 Å². The molecule has 0 unspecified atom stereocenters. The summed E-state index contributed by atoms with van der Waals surface area (Å²) in [4.78, 5) is 40.7. The molecule has 0 radical (unpaired) electrons. The highest BCUT2D eigenvalue weighted by molar-refractivity contribution is 6.74. The fraction of sp³-hybridized carbons (Fsp3) is 0.354. The van der Waals surface area contributed by atoms with Crippen LogP contribution in [0.5, 0.6) is 5.75 Å². The van der Waals surface area contributed by atoms with Gasteiger partial charge in [0, 0.05) is 48.3 Å². The van der Waals surface area contributed by atoms with Crippen molar-refractivity contribution in [2.45, 2.75) is 102 Å². The van der Waals surface area contributed by atoms with E-state index in [1.807, 2.05) is 91.0 Å². The number of hydrogen-bond acceptors (Lipinski definition) is 8. The Morgan fingerprint density at radius 2 is 1.67 bits per heavy atom. The summed E-state index contributed by atoms with van der Waals surface area (Å²) in [5.41, 5.74) is 12.2. The third-order valence-electron chi connectivity index (χ3n) is 11.6. The lowest BCUT2D eigenvalue weighted by molar-refractivity contribution is -0.116. The van der Waals surface area contributed by atoms with Crippen LogP contribution in [0.2, 0.25) is 18.1 Å².